The van der Waals surface area contributed by atoms with Crippen LogP contribution in [0.5, 0.6) is 0 Å². The monoisotopic (exact) mass is 329 g/mol. The number of nitrogens with zero attached hydrogens (tertiary/aromatic N) is 3. The Morgan fingerprint density at radius 2 is 2.00 bits per heavy atom. The van der Waals surface area contributed by atoms with Gasteiger partial charge in [-0.15, -0.1) is 0 Å². The molecule has 2 N–H and O–H groups in total. The van der Waals surface area contributed by atoms with Gasteiger partial charge in [-0.3, -0.25) is 4.72 Å². The second-order valence-corrected chi connectivity index (χ2v) is 6.70. The van der Waals surface area contributed by atoms with E-state index in [4.69, 9.17) is 0 Å². The van der Waals surface area contributed by atoms with E-state index in [-0.39, 0.29) is 10.4 Å². The molecule has 8 nitrogen and oxygen atoms in total. The predicted molar refractivity (Wildman–Crippen MR) is 83.4 cm³/mol. The highest BCUT2D eigenvalue weighted by atomic mass is 32.2. The number of rotatable bonds is 3. The molecule has 0 amide bonds. The first kappa shape index (κ1) is 13.7. The number of aromatic nitrogens is 4. The number of hydrogen-bond donors (Lipinski definition) is 2. The predicted octanol–water partition coefficient (Wildman–Crippen LogP) is 2.21. The molecule has 0 aliphatic heterocycles. The molecule has 0 spiro atoms. The van der Waals surface area contributed by atoms with Crippen LogP contribution in [0.4, 0.5) is 5.69 Å². The maximum atomic E-state index is 12.6. The average Bonchev–Trinajstić information content (AvgIpc) is 3.10. The van der Waals surface area contributed by atoms with Crippen molar-refractivity contribution in [3.8, 4) is 0 Å². The lowest BCUT2D eigenvalue weighted by atomic mass is 10.3. The van der Waals surface area contributed by atoms with Crippen molar-refractivity contribution >= 4 is 37.8 Å². The van der Waals surface area contributed by atoms with Crippen molar-refractivity contribution in [2.24, 2.45) is 0 Å². The third kappa shape index (κ3) is 2.30. The van der Waals surface area contributed by atoms with Gasteiger partial charge in [-0.1, -0.05) is 6.07 Å². The van der Waals surface area contributed by atoms with Gasteiger partial charge in [0.05, 0.1) is 16.7 Å². The van der Waals surface area contributed by atoms with Crippen LogP contribution < -0.4 is 4.72 Å². The second-order valence-electron chi connectivity index (χ2n) is 5.05. The van der Waals surface area contributed by atoms with Crippen LogP contribution in [0.2, 0.25) is 0 Å². The summed E-state index contributed by atoms with van der Waals surface area (Å²) in [5.41, 5.74) is 2.53. The molecule has 4 aromatic rings. The van der Waals surface area contributed by atoms with Gasteiger partial charge < -0.3 is 4.98 Å². The van der Waals surface area contributed by atoms with E-state index in [0.29, 0.717) is 11.2 Å². The van der Waals surface area contributed by atoms with Gasteiger partial charge in [0, 0.05) is 0 Å². The number of hydrogen-bond acceptors (Lipinski definition) is 6. The number of aryl methyl sites for hydroxylation is 1. The summed E-state index contributed by atoms with van der Waals surface area (Å²) in [6, 6.07) is 9.75. The molecule has 0 fully saturated rings. The molecule has 0 atom stereocenters. The molecular formula is C14H11N5O3S. The lowest BCUT2D eigenvalue weighted by Gasteiger charge is -2.08. The highest BCUT2D eigenvalue weighted by Crippen LogP contribution is 2.24. The summed E-state index contributed by atoms with van der Waals surface area (Å²) in [4.78, 5) is 7.36. The Bertz CT molecular complexity index is 1130. The molecule has 9 heteroatoms. The molecule has 23 heavy (non-hydrogen) atoms. The van der Waals surface area contributed by atoms with Crippen LogP contribution >= 0.6 is 0 Å². The number of anilines is 1. The summed E-state index contributed by atoms with van der Waals surface area (Å²) in [6.45, 7) is 1.84. The van der Waals surface area contributed by atoms with E-state index in [1.807, 2.05) is 6.92 Å². The molecule has 0 unspecified atom stereocenters. The van der Waals surface area contributed by atoms with E-state index in [2.05, 4.69) is 29.6 Å². The first-order valence-electron chi connectivity index (χ1n) is 6.73. The normalized spacial score (nSPS) is 12.0. The lowest BCUT2D eigenvalue weighted by Crippen LogP contribution is -2.13. The van der Waals surface area contributed by atoms with Crippen molar-refractivity contribution in [3.63, 3.8) is 0 Å². The van der Waals surface area contributed by atoms with Crippen LogP contribution in [0.1, 0.15) is 5.82 Å². The van der Waals surface area contributed by atoms with E-state index in [1.54, 1.807) is 30.3 Å². The van der Waals surface area contributed by atoms with E-state index in [0.717, 1.165) is 16.9 Å². The summed E-state index contributed by atoms with van der Waals surface area (Å²) in [6.07, 6.45) is 0. The van der Waals surface area contributed by atoms with Crippen LogP contribution in [0.25, 0.3) is 22.1 Å². The third-order valence-electron chi connectivity index (χ3n) is 3.39. The Balaban J connectivity index is 1.77. The molecule has 2 heterocycles. The summed E-state index contributed by atoms with van der Waals surface area (Å²) in [5, 5.41) is 7.31. The number of imidazole rings is 1. The molecule has 0 bridgehead atoms. The third-order valence-corrected chi connectivity index (χ3v) is 4.80. The molecule has 0 radical (unpaired) electrons. The maximum Gasteiger partial charge on any atom is 0.264 e. The number of sulfonamides is 1. The molecule has 116 valence electrons. The average molecular weight is 329 g/mol. The number of benzene rings is 2. The minimum Gasteiger partial charge on any atom is -0.342 e. The van der Waals surface area contributed by atoms with Crippen molar-refractivity contribution in [1.82, 2.24) is 20.3 Å². The van der Waals surface area contributed by atoms with Crippen LogP contribution in [0.3, 0.4) is 0 Å². The zero-order chi connectivity index (χ0) is 16.0. The highest BCUT2D eigenvalue weighted by Gasteiger charge is 2.20. The minimum absolute atomic E-state index is 0.0112. The Hall–Kier alpha value is -2.94. The van der Waals surface area contributed by atoms with Crippen molar-refractivity contribution in [2.75, 3.05) is 4.72 Å². The number of nitrogens with one attached hydrogen (secondary N) is 2. The van der Waals surface area contributed by atoms with E-state index < -0.39 is 10.0 Å². The topological polar surface area (TPSA) is 114 Å². The van der Waals surface area contributed by atoms with Crippen molar-refractivity contribution in [3.05, 3.63) is 42.2 Å². The molecular weight excluding hydrogens is 318 g/mol. The largest absolute Gasteiger partial charge is 0.342 e. The van der Waals surface area contributed by atoms with Gasteiger partial charge in [0.2, 0.25) is 0 Å². The lowest BCUT2D eigenvalue weighted by molar-refractivity contribution is 0.315. The quantitative estimate of drug-likeness (QED) is 0.595. The summed E-state index contributed by atoms with van der Waals surface area (Å²) in [5.74, 6) is 0.762. The summed E-state index contributed by atoms with van der Waals surface area (Å²) in [7, 11) is -3.82. The van der Waals surface area contributed by atoms with Crippen LogP contribution in [0.15, 0.2) is 45.9 Å². The first-order chi connectivity index (χ1) is 11.0. The summed E-state index contributed by atoms with van der Waals surface area (Å²) < 4.78 is 32.4. The van der Waals surface area contributed by atoms with Crippen LogP contribution in [0, 0.1) is 6.92 Å². The fourth-order valence-electron chi connectivity index (χ4n) is 2.41. The van der Waals surface area contributed by atoms with Crippen molar-refractivity contribution in [2.45, 2.75) is 11.8 Å². The zero-order valence-electron chi connectivity index (χ0n) is 11.9. The fraction of sp³-hybridized carbons (Fsp3) is 0.0714. The van der Waals surface area contributed by atoms with Gasteiger partial charge in [0.25, 0.3) is 10.0 Å². The van der Waals surface area contributed by atoms with E-state index >= 15 is 0 Å². The first-order valence-corrected chi connectivity index (χ1v) is 8.22. The zero-order valence-corrected chi connectivity index (χ0v) is 12.8. The smallest absolute Gasteiger partial charge is 0.264 e. The molecule has 2 aromatic carbocycles. The number of aromatic amines is 1. The Kier molecular flexibility index (Phi) is 2.85. The van der Waals surface area contributed by atoms with E-state index in [1.165, 1.54) is 6.07 Å². The Labute approximate surface area is 130 Å². The fourth-order valence-corrected chi connectivity index (χ4v) is 3.61. The van der Waals surface area contributed by atoms with Gasteiger partial charge >= 0.3 is 0 Å². The number of H-pyrrole nitrogens is 1. The minimum atomic E-state index is -3.82. The molecule has 0 aliphatic carbocycles. The molecule has 0 saturated heterocycles. The maximum absolute atomic E-state index is 12.6. The van der Waals surface area contributed by atoms with Crippen molar-refractivity contribution < 1.29 is 13.0 Å². The van der Waals surface area contributed by atoms with Gasteiger partial charge in [-0.05, 0) is 47.6 Å². The SMILES string of the molecule is Cc1nc2ccc(NS(=O)(=O)c3cccc4nonc34)cc2[nH]1. The summed E-state index contributed by atoms with van der Waals surface area (Å²) >= 11 is 0. The van der Waals surface area contributed by atoms with Gasteiger partial charge in [0.1, 0.15) is 16.2 Å². The van der Waals surface area contributed by atoms with Gasteiger partial charge in [0.15, 0.2) is 5.52 Å². The molecule has 2 aromatic heterocycles. The van der Waals surface area contributed by atoms with Crippen molar-refractivity contribution in [1.29, 1.82) is 0 Å². The Morgan fingerprint density at radius 1 is 1.13 bits per heavy atom. The molecule has 0 aliphatic rings. The van der Waals surface area contributed by atoms with Gasteiger partial charge in [-0.2, -0.15) is 0 Å². The molecule has 4 rings (SSSR count). The van der Waals surface area contributed by atoms with E-state index in [9.17, 15) is 8.42 Å². The van der Waals surface area contributed by atoms with Gasteiger partial charge in [-0.25, -0.2) is 18.0 Å². The highest BCUT2D eigenvalue weighted by molar-refractivity contribution is 7.93. The second kappa shape index (κ2) is 4.78. The van der Waals surface area contributed by atoms with Crippen LogP contribution in [-0.4, -0.2) is 28.7 Å². The number of fused-ring (bicyclic) bond motifs is 2. The Morgan fingerprint density at radius 3 is 2.87 bits per heavy atom. The molecule has 0 saturated carbocycles. The standard InChI is InChI=1S/C14H11N5O3S/c1-8-15-10-6-5-9(7-12(10)16-8)19-23(20,21)13-4-2-3-11-14(13)18-22-17-11/h2-7,19H,1H3,(H,15,16). The van der Waals surface area contributed by atoms with Crippen LogP contribution in [-0.2, 0) is 10.0 Å².